The predicted octanol–water partition coefficient (Wildman–Crippen LogP) is 1.54. The number of aromatic carboxylic acids is 1. The lowest BCUT2D eigenvalue weighted by Crippen LogP contribution is -2.42. The molecular weight excluding hydrogens is 310 g/mol. The highest BCUT2D eigenvalue weighted by Crippen LogP contribution is 2.27. The molecule has 1 aromatic heterocycles. The number of likely N-dealkylation sites (tertiary alicyclic amines) is 1. The van der Waals surface area contributed by atoms with Crippen molar-refractivity contribution in [2.24, 2.45) is 11.8 Å². The topological polar surface area (TPSA) is 95.7 Å². The summed E-state index contributed by atoms with van der Waals surface area (Å²) in [5, 5.41) is 16.1. The van der Waals surface area contributed by atoms with Crippen LogP contribution in [0.25, 0.3) is 0 Å². The molecule has 2 N–H and O–H groups in total. The molecule has 2 aliphatic rings. The highest BCUT2D eigenvalue weighted by Gasteiger charge is 2.30. The normalized spacial score (nSPS) is 24.8. The Kier molecular flexibility index (Phi) is 5.50. The van der Waals surface area contributed by atoms with Gasteiger partial charge in [0.2, 0.25) is 11.7 Å². The monoisotopic (exact) mass is 335 g/mol. The van der Waals surface area contributed by atoms with Gasteiger partial charge in [-0.3, -0.25) is 4.79 Å². The molecule has 0 spiro atoms. The summed E-state index contributed by atoms with van der Waals surface area (Å²) in [6.07, 6.45) is 5.63. The zero-order valence-electron chi connectivity index (χ0n) is 13.9. The molecule has 3 heterocycles. The second-order valence-electron chi connectivity index (χ2n) is 6.85. The number of nitrogens with zero attached hydrogens (tertiary/aromatic N) is 2. The average Bonchev–Trinajstić information content (AvgIpc) is 3.06. The molecule has 7 heteroatoms. The van der Waals surface area contributed by atoms with E-state index in [0.717, 1.165) is 45.4 Å². The fraction of sp³-hybridized carbons (Fsp3) is 0.706. The van der Waals surface area contributed by atoms with Crippen molar-refractivity contribution in [2.45, 2.75) is 38.5 Å². The molecule has 0 radical (unpaired) electrons. The Balaban J connectivity index is 1.59. The van der Waals surface area contributed by atoms with E-state index in [-0.39, 0.29) is 17.6 Å². The van der Waals surface area contributed by atoms with Crippen LogP contribution in [0.15, 0.2) is 10.6 Å². The summed E-state index contributed by atoms with van der Waals surface area (Å²) in [7, 11) is 0. The van der Waals surface area contributed by atoms with Crippen LogP contribution >= 0.6 is 0 Å². The van der Waals surface area contributed by atoms with E-state index in [1.165, 1.54) is 12.5 Å². The Labute approximate surface area is 141 Å². The number of piperidine rings is 2. The maximum absolute atomic E-state index is 12.6. The van der Waals surface area contributed by atoms with Crippen molar-refractivity contribution >= 4 is 11.9 Å². The van der Waals surface area contributed by atoms with E-state index in [0.29, 0.717) is 24.5 Å². The lowest BCUT2D eigenvalue weighted by Gasteiger charge is -2.34. The van der Waals surface area contributed by atoms with Crippen LogP contribution in [0.1, 0.15) is 48.4 Å². The standard InChI is InChI=1S/C17H25N3O4/c21-16(20-6-2-1-3-7-20)9-12-4-5-18-11-13(12)8-14-10-15(17(22)23)24-19-14/h10,12-13,18H,1-9,11H2,(H,22,23)/t12-,13+/m0/s1. The molecule has 2 saturated heterocycles. The van der Waals surface area contributed by atoms with Gasteiger partial charge in [0.05, 0.1) is 5.69 Å². The van der Waals surface area contributed by atoms with Crippen LogP contribution in [-0.4, -0.2) is 53.2 Å². The molecule has 2 atom stereocenters. The number of nitrogens with one attached hydrogen (secondary N) is 1. The van der Waals surface area contributed by atoms with Crippen molar-refractivity contribution in [3.8, 4) is 0 Å². The lowest BCUT2D eigenvalue weighted by atomic mass is 9.81. The van der Waals surface area contributed by atoms with Gasteiger partial charge in [-0.2, -0.15) is 0 Å². The third-order valence-electron chi connectivity index (χ3n) is 5.15. The summed E-state index contributed by atoms with van der Waals surface area (Å²) >= 11 is 0. The summed E-state index contributed by atoms with van der Waals surface area (Å²) in [6, 6.07) is 1.49. The molecule has 0 unspecified atom stereocenters. The SMILES string of the molecule is O=C(O)c1cc(C[C@@H]2CNCC[C@H]2CC(=O)N2CCCCC2)no1. The fourth-order valence-electron chi connectivity index (χ4n) is 3.76. The number of carboxylic acid groups (broad SMARTS) is 1. The number of amides is 1. The first-order valence-corrected chi connectivity index (χ1v) is 8.81. The number of rotatable bonds is 5. The van der Waals surface area contributed by atoms with Gasteiger partial charge in [0.15, 0.2) is 0 Å². The molecule has 3 rings (SSSR count). The van der Waals surface area contributed by atoms with E-state index >= 15 is 0 Å². The van der Waals surface area contributed by atoms with Gasteiger partial charge in [-0.05, 0) is 57.0 Å². The maximum atomic E-state index is 12.6. The minimum atomic E-state index is -1.10. The Bertz CT molecular complexity index is 580. The lowest BCUT2D eigenvalue weighted by molar-refractivity contribution is -0.133. The van der Waals surface area contributed by atoms with Gasteiger partial charge in [-0.15, -0.1) is 0 Å². The molecule has 1 amide bonds. The number of aromatic nitrogens is 1. The van der Waals surface area contributed by atoms with Crippen molar-refractivity contribution in [3.63, 3.8) is 0 Å². The molecular formula is C17H25N3O4. The van der Waals surface area contributed by atoms with E-state index in [1.54, 1.807) is 0 Å². The molecule has 7 nitrogen and oxygen atoms in total. The zero-order chi connectivity index (χ0) is 16.9. The maximum Gasteiger partial charge on any atom is 0.374 e. The Morgan fingerprint density at radius 3 is 2.79 bits per heavy atom. The van der Waals surface area contributed by atoms with Gasteiger partial charge in [0.1, 0.15) is 0 Å². The van der Waals surface area contributed by atoms with Crippen LogP contribution in [-0.2, 0) is 11.2 Å². The number of carbonyl (C=O) groups is 2. The first kappa shape index (κ1) is 17.0. The third-order valence-corrected chi connectivity index (χ3v) is 5.15. The molecule has 0 bridgehead atoms. The van der Waals surface area contributed by atoms with Crippen LogP contribution in [0.4, 0.5) is 0 Å². The Morgan fingerprint density at radius 1 is 1.29 bits per heavy atom. The molecule has 2 fully saturated rings. The minimum Gasteiger partial charge on any atom is -0.475 e. The van der Waals surface area contributed by atoms with Crippen LogP contribution in [0, 0.1) is 11.8 Å². The highest BCUT2D eigenvalue weighted by atomic mass is 16.5. The van der Waals surface area contributed by atoms with Gasteiger partial charge in [0.25, 0.3) is 0 Å². The first-order chi connectivity index (χ1) is 11.6. The Hall–Kier alpha value is -1.89. The summed E-state index contributed by atoms with van der Waals surface area (Å²) < 4.78 is 4.83. The van der Waals surface area contributed by atoms with Crippen LogP contribution in [0.2, 0.25) is 0 Å². The van der Waals surface area contributed by atoms with Crippen LogP contribution < -0.4 is 5.32 Å². The number of carboxylic acids is 1. The smallest absolute Gasteiger partial charge is 0.374 e. The van der Waals surface area contributed by atoms with Gasteiger partial charge in [-0.1, -0.05) is 5.16 Å². The van der Waals surface area contributed by atoms with Crippen LogP contribution in [0.5, 0.6) is 0 Å². The van der Waals surface area contributed by atoms with E-state index in [1.807, 2.05) is 4.90 Å². The van der Waals surface area contributed by atoms with Crippen molar-refractivity contribution in [3.05, 3.63) is 17.5 Å². The summed E-state index contributed by atoms with van der Waals surface area (Å²) in [6.45, 7) is 3.53. The first-order valence-electron chi connectivity index (χ1n) is 8.81. The average molecular weight is 335 g/mol. The van der Waals surface area contributed by atoms with E-state index < -0.39 is 5.97 Å². The van der Waals surface area contributed by atoms with E-state index in [2.05, 4.69) is 10.5 Å². The summed E-state index contributed by atoms with van der Waals surface area (Å²) in [5.74, 6) is -0.384. The van der Waals surface area contributed by atoms with Gasteiger partial charge in [0, 0.05) is 25.6 Å². The number of carbonyl (C=O) groups excluding carboxylic acids is 1. The van der Waals surface area contributed by atoms with Crippen molar-refractivity contribution in [2.75, 3.05) is 26.2 Å². The quantitative estimate of drug-likeness (QED) is 0.847. The van der Waals surface area contributed by atoms with Gasteiger partial charge < -0.3 is 19.8 Å². The Morgan fingerprint density at radius 2 is 2.08 bits per heavy atom. The molecule has 132 valence electrons. The fourth-order valence-corrected chi connectivity index (χ4v) is 3.76. The predicted molar refractivity (Wildman–Crippen MR) is 86.7 cm³/mol. The van der Waals surface area contributed by atoms with Gasteiger partial charge in [-0.25, -0.2) is 4.79 Å². The largest absolute Gasteiger partial charge is 0.475 e. The molecule has 0 aromatic carbocycles. The van der Waals surface area contributed by atoms with Crippen molar-refractivity contribution in [1.82, 2.24) is 15.4 Å². The molecule has 2 aliphatic heterocycles. The summed E-state index contributed by atoms with van der Waals surface area (Å²) in [5.41, 5.74) is 0.650. The second-order valence-corrected chi connectivity index (χ2v) is 6.85. The molecule has 0 aliphatic carbocycles. The number of hydrogen-bond acceptors (Lipinski definition) is 5. The minimum absolute atomic E-state index is 0.130. The molecule has 24 heavy (non-hydrogen) atoms. The number of hydrogen-bond donors (Lipinski definition) is 2. The van der Waals surface area contributed by atoms with Crippen molar-refractivity contribution in [1.29, 1.82) is 0 Å². The highest BCUT2D eigenvalue weighted by molar-refractivity contribution is 5.84. The molecule has 1 aromatic rings. The van der Waals surface area contributed by atoms with Crippen LogP contribution in [0.3, 0.4) is 0 Å². The van der Waals surface area contributed by atoms with Crippen molar-refractivity contribution < 1.29 is 19.2 Å². The second kappa shape index (κ2) is 7.79. The molecule has 0 saturated carbocycles. The van der Waals surface area contributed by atoms with E-state index in [9.17, 15) is 9.59 Å². The summed E-state index contributed by atoms with van der Waals surface area (Å²) in [4.78, 5) is 25.4. The van der Waals surface area contributed by atoms with E-state index in [4.69, 9.17) is 9.63 Å². The zero-order valence-corrected chi connectivity index (χ0v) is 13.9. The third kappa shape index (κ3) is 4.14. The van der Waals surface area contributed by atoms with Gasteiger partial charge >= 0.3 is 5.97 Å².